The minimum absolute atomic E-state index is 0.0432. The first kappa shape index (κ1) is 17.5. The standard InChI is InChI=1S/C17H14F3NO3/c1-2-24-16(23)13-5-3-4-6-14(13)21-15(22)11-7-9-12(10-8-11)17(18,19)20/h3-10H,2H2,1H3,(H,21,22). The number of alkyl halides is 3. The van der Waals surface area contributed by atoms with Gasteiger partial charge in [-0.15, -0.1) is 0 Å². The summed E-state index contributed by atoms with van der Waals surface area (Å²) in [5.41, 5.74) is -0.409. The summed E-state index contributed by atoms with van der Waals surface area (Å²) in [6, 6.07) is 10.0. The molecule has 2 rings (SSSR count). The highest BCUT2D eigenvalue weighted by atomic mass is 19.4. The topological polar surface area (TPSA) is 55.4 Å². The van der Waals surface area contributed by atoms with Crippen LogP contribution in [0.3, 0.4) is 0 Å². The molecule has 0 saturated carbocycles. The lowest BCUT2D eigenvalue weighted by Gasteiger charge is -2.11. The molecule has 2 aromatic carbocycles. The number of carbonyl (C=O) groups is 2. The van der Waals surface area contributed by atoms with Crippen LogP contribution in [0.5, 0.6) is 0 Å². The molecule has 0 atom stereocenters. The van der Waals surface area contributed by atoms with Crippen molar-refractivity contribution in [1.29, 1.82) is 0 Å². The van der Waals surface area contributed by atoms with Crippen LogP contribution in [0.1, 0.15) is 33.2 Å². The summed E-state index contributed by atoms with van der Waals surface area (Å²) in [6.07, 6.45) is -4.47. The maximum absolute atomic E-state index is 12.5. The van der Waals surface area contributed by atoms with Crippen molar-refractivity contribution in [3.63, 3.8) is 0 Å². The molecule has 0 aromatic heterocycles. The predicted molar refractivity (Wildman–Crippen MR) is 81.8 cm³/mol. The number of carbonyl (C=O) groups excluding carboxylic acids is 2. The van der Waals surface area contributed by atoms with E-state index in [4.69, 9.17) is 4.74 Å². The van der Waals surface area contributed by atoms with Crippen molar-refractivity contribution in [2.75, 3.05) is 11.9 Å². The molecule has 0 unspecified atom stereocenters. The molecule has 1 N–H and O–H groups in total. The lowest BCUT2D eigenvalue weighted by Crippen LogP contribution is -2.16. The number of anilines is 1. The molecule has 0 aliphatic carbocycles. The van der Waals surface area contributed by atoms with E-state index in [1.165, 1.54) is 12.1 Å². The SMILES string of the molecule is CCOC(=O)c1ccccc1NC(=O)c1ccc(C(F)(F)F)cc1. The molecule has 0 bridgehead atoms. The molecule has 7 heteroatoms. The summed E-state index contributed by atoms with van der Waals surface area (Å²) in [5.74, 6) is -1.22. The number of halogens is 3. The van der Waals surface area contributed by atoms with Gasteiger partial charge in [0.05, 0.1) is 23.4 Å². The van der Waals surface area contributed by atoms with Crippen molar-refractivity contribution in [1.82, 2.24) is 0 Å². The molecule has 24 heavy (non-hydrogen) atoms. The lowest BCUT2D eigenvalue weighted by molar-refractivity contribution is -0.137. The second-order valence-electron chi connectivity index (χ2n) is 4.80. The highest BCUT2D eigenvalue weighted by Crippen LogP contribution is 2.29. The number of benzene rings is 2. The molecule has 0 radical (unpaired) electrons. The Balaban J connectivity index is 2.20. The van der Waals surface area contributed by atoms with Gasteiger partial charge in [-0.25, -0.2) is 4.79 Å². The number of rotatable bonds is 4. The Bertz CT molecular complexity index is 739. The highest BCUT2D eigenvalue weighted by Gasteiger charge is 2.30. The molecule has 0 heterocycles. The summed E-state index contributed by atoms with van der Waals surface area (Å²) >= 11 is 0. The van der Waals surface area contributed by atoms with Crippen LogP contribution < -0.4 is 5.32 Å². The molecule has 0 aliphatic heterocycles. The first-order valence-electron chi connectivity index (χ1n) is 7.07. The van der Waals surface area contributed by atoms with Gasteiger partial charge in [-0.05, 0) is 43.3 Å². The van der Waals surface area contributed by atoms with E-state index in [-0.39, 0.29) is 23.4 Å². The minimum atomic E-state index is -4.47. The van der Waals surface area contributed by atoms with Gasteiger partial charge in [0.2, 0.25) is 0 Å². The van der Waals surface area contributed by atoms with Crippen molar-refractivity contribution in [2.24, 2.45) is 0 Å². The molecule has 2 aromatic rings. The van der Waals surface area contributed by atoms with Crippen LogP contribution in [0.4, 0.5) is 18.9 Å². The zero-order chi connectivity index (χ0) is 17.7. The first-order chi connectivity index (χ1) is 11.3. The fourth-order valence-corrected chi connectivity index (χ4v) is 1.98. The second-order valence-corrected chi connectivity index (χ2v) is 4.80. The van der Waals surface area contributed by atoms with Crippen molar-refractivity contribution < 1.29 is 27.5 Å². The Morgan fingerprint density at radius 1 is 1.04 bits per heavy atom. The zero-order valence-electron chi connectivity index (χ0n) is 12.7. The third kappa shape index (κ3) is 4.13. The maximum Gasteiger partial charge on any atom is 0.416 e. The fraction of sp³-hybridized carbons (Fsp3) is 0.176. The molecule has 4 nitrogen and oxygen atoms in total. The normalized spacial score (nSPS) is 11.0. The van der Waals surface area contributed by atoms with Crippen LogP contribution in [0.15, 0.2) is 48.5 Å². The summed E-state index contributed by atoms with van der Waals surface area (Å²) in [7, 11) is 0. The van der Waals surface area contributed by atoms with E-state index in [1.54, 1.807) is 19.1 Å². The van der Waals surface area contributed by atoms with Gasteiger partial charge in [-0.2, -0.15) is 13.2 Å². The van der Waals surface area contributed by atoms with Crippen molar-refractivity contribution in [3.05, 3.63) is 65.2 Å². The Hall–Kier alpha value is -2.83. The molecule has 126 valence electrons. The number of amides is 1. The van der Waals surface area contributed by atoms with Crippen LogP contribution in [0.25, 0.3) is 0 Å². The van der Waals surface area contributed by atoms with E-state index in [1.807, 2.05) is 0 Å². The van der Waals surface area contributed by atoms with Crippen molar-refractivity contribution in [2.45, 2.75) is 13.1 Å². The fourth-order valence-electron chi connectivity index (χ4n) is 1.98. The van der Waals surface area contributed by atoms with E-state index in [2.05, 4.69) is 5.32 Å². The predicted octanol–water partition coefficient (Wildman–Crippen LogP) is 4.13. The lowest BCUT2D eigenvalue weighted by atomic mass is 10.1. The monoisotopic (exact) mass is 337 g/mol. The van der Waals surface area contributed by atoms with E-state index in [0.29, 0.717) is 0 Å². The Labute approximate surface area is 136 Å². The van der Waals surface area contributed by atoms with E-state index < -0.39 is 23.6 Å². The van der Waals surface area contributed by atoms with Crippen LogP contribution in [0.2, 0.25) is 0 Å². The van der Waals surface area contributed by atoms with E-state index >= 15 is 0 Å². The van der Waals surface area contributed by atoms with Gasteiger partial charge in [-0.1, -0.05) is 12.1 Å². The van der Waals surface area contributed by atoms with Crippen molar-refractivity contribution >= 4 is 17.6 Å². The van der Waals surface area contributed by atoms with Gasteiger partial charge in [0.1, 0.15) is 0 Å². The average molecular weight is 337 g/mol. The third-order valence-corrected chi connectivity index (χ3v) is 3.15. The highest BCUT2D eigenvalue weighted by molar-refractivity contribution is 6.08. The van der Waals surface area contributed by atoms with Crippen LogP contribution in [-0.4, -0.2) is 18.5 Å². The zero-order valence-corrected chi connectivity index (χ0v) is 12.7. The Kier molecular flexibility index (Phi) is 5.23. The molecule has 0 spiro atoms. The summed E-state index contributed by atoms with van der Waals surface area (Å²) in [6.45, 7) is 1.83. The van der Waals surface area contributed by atoms with Gasteiger partial charge in [0, 0.05) is 5.56 Å². The number of hydrogen-bond acceptors (Lipinski definition) is 3. The molecular formula is C17H14F3NO3. The van der Waals surface area contributed by atoms with Gasteiger partial charge >= 0.3 is 12.1 Å². The number of nitrogens with one attached hydrogen (secondary N) is 1. The van der Waals surface area contributed by atoms with Gasteiger partial charge < -0.3 is 10.1 Å². The average Bonchev–Trinajstić information content (AvgIpc) is 2.55. The Morgan fingerprint density at radius 2 is 1.67 bits per heavy atom. The van der Waals surface area contributed by atoms with Crippen LogP contribution >= 0.6 is 0 Å². The van der Waals surface area contributed by atoms with E-state index in [0.717, 1.165) is 24.3 Å². The van der Waals surface area contributed by atoms with Gasteiger partial charge in [0.15, 0.2) is 0 Å². The molecule has 0 aliphatic rings. The number of esters is 1. The largest absolute Gasteiger partial charge is 0.462 e. The third-order valence-electron chi connectivity index (χ3n) is 3.15. The summed E-state index contributed by atoms with van der Waals surface area (Å²) in [5, 5.41) is 2.50. The summed E-state index contributed by atoms with van der Waals surface area (Å²) in [4.78, 5) is 24.0. The minimum Gasteiger partial charge on any atom is -0.462 e. The smallest absolute Gasteiger partial charge is 0.416 e. The number of ether oxygens (including phenoxy) is 1. The van der Waals surface area contributed by atoms with Crippen LogP contribution in [-0.2, 0) is 10.9 Å². The number of para-hydroxylation sites is 1. The first-order valence-corrected chi connectivity index (χ1v) is 7.07. The summed E-state index contributed by atoms with van der Waals surface area (Å²) < 4.78 is 42.5. The molecular weight excluding hydrogens is 323 g/mol. The Morgan fingerprint density at radius 3 is 2.25 bits per heavy atom. The van der Waals surface area contributed by atoms with Crippen molar-refractivity contribution in [3.8, 4) is 0 Å². The second kappa shape index (κ2) is 7.16. The quantitative estimate of drug-likeness (QED) is 0.853. The number of hydrogen-bond donors (Lipinski definition) is 1. The molecule has 0 saturated heterocycles. The van der Waals surface area contributed by atoms with E-state index in [9.17, 15) is 22.8 Å². The van der Waals surface area contributed by atoms with Gasteiger partial charge in [-0.3, -0.25) is 4.79 Å². The van der Waals surface area contributed by atoms with Crippen LogP contribution in [0, 0.1) is 0 Å². The molecule has 1 amide bonds. The van der Waals surface area contributed by atoms with Gasteiger partial charge in [0.25, 0.3) is 5.91 Å². The maximum atomic E-state index is 12.5. The molecule has 0 fully saturated rings.